The summed E-state index contributed by atoms with van der Waals surface area (Å²) < 4.78 is 0. The number of aryl methyl sites for hydroxylation is 1. The fourth-order valence-corrected chi connectivity index (χ4v) is 5.03. The molecule has 0 radical (unpaired) electrons. The topological polar surface area (TPSA) is 69.3 Å². The molecule has 0 atom stereocenters. The molecule has 170 valence electrons. The molecule has 2 aromatic carbocycles. The second kappa shape index (κ2) is 9.22. The quantitative estimate of drug-likeness (QED) is 0.667. The smallest absolute Gasteiger partial charge is 0.257 e. The lowest BCUT2D eigenvalue weighted by Crippen LogP contribution is -2.39. The van der Waals surface area contributed by atoms with E-state index in [0.29, 0.717) is 31.6 Å². The summed E-state index contributed by atoms with van der Waals surface area (Å²) in [7, 11) is 0. The van der Waals surface area contributed by atoms with Gasteiger partial charge in [-0.1, -0.05) is 54.1 Å². The second-order valence-corrected chi connectivity index (χ2v) is 9.26. The predicted molar refractivity (Wildman–Crippen MR) is 127 cm³/mol. The minimum absolute atomic E-state index is 0.0473. The molecule has 0 spiro atoms. The Morgan fingerprint density at radius 3 is 2.45 bits per heavy atom. The number of fused-ring (bicyclic) bond motifs is 1. The van der Waals surface area contributed by atoms with E-state index in [4.69, 9.17) is 0 Å². The van der Waals surface area contributed by atoms with Crippen LogP contribution < -0.4 is 0 Å². The van der Waals surface area contributed by atoms with Crippen molar-refractivity contribution >= 4 is 11.8 Å². The number of rotatable bonds is 4. The number of H-pyrrole nitrogens is 1. The highest BCUT2D eigenvalue weighted by atomic mass is 16.2. The lowest BCUT2D eigenvalue weighted by molar-refractivity contribution is -0.131. The lowest BCUT2D eigenvalue weighted by atomic mass is 9.90. The van der Waals surface area contributed by atoms with E-state index >= 15 is 0 Å². The molecule has 5 rings (SSSR count). The maximum absolute atomic E-state index is 13.3. The van der Waals surface area contributed by atoms with Crippen LogP contribution in [0.5, 0.6) is 0 Å². The van der Waals surface area contributed by atoms with Gasteiger partial charge < -0.3 is 9.80 Å². The molecule has 6 nitrogen and oxygen atoms in total. The number of piperidine rings is 1. The summed E-state index contributed by atoms with van der Waals surface area (Å²) in [6.45, 7) is 4.84. The first-order chi connectivity index (χ1) is 16.1. The van der Waals surface area contributed by atoms with Crippen molar-refractivity contribution in [2.45, 2.75) is 45.1 Å². The summed E-state index contributed by atoms with van der Waals surface area (Å²) in [5.41, 5.74) is 6.41. The average molecular weight is 443 g/mol. The van der Waals surface area contributed by atoms with Gasteiger partial charge >= 0.3 is 0 Å². The van der Waals surface area contributed by atoms with Crippen LogP contribution in [-0.2, 0) is 24.2 Å². The van der Waals surface area contributed by atoms with Gasteiger partial charge in [-0.3, -0.25) is 14.7 Å². The number of amides is 2. The third-order valence-electron chi connectivity index (χ3n) is 7.05. The van der Waals surface area contributed by atoms with E-state index in [1.807, 2.05) is 40.1 Å². The Morgan fingerprint density at radius 2 is 1.70 bits per heavy atom. The van der Waals surface area contributed by atoms with Gasteiger partial charge in [0.15, 0.2) is 0 Å². The summed E-state index contributed by atoms with van der Waals surface area (Å²) in [5.74, 6) is 0.434. The van der Waals surface area contributed by atoms with Crippen molar-refractivity contribution in [3.63, 3.8) is 0 Å². The van der Waals surface area contributed by atoms with Crippen molar-refractivity contribution in [2.75, 3.05) is 19.6 Å². The standard InChI is InChI=1S/C27H30N4O2/c1-19-6-8-20(9-7-19)16-25(32)30-13-11-22(12-14-30)26-24(17-28-29-26)27(33)31-15-10-21-4-2-3-5-23(21)18-31/h2-9,17,22H,10-16,18H2,1H3,(H,28,29). The number of nitrogens with one attached hydrogen (secondary N) is 1. The molecule has 0 unspecified atom stereocenters. The summed E-state index contributed by atoms with van der Waals surface area (Å²) in [4.78, 5) is 30.0. The Kier molecular flexibility index (Phi) is 5.99. The third kappa shape index (κ3) is 4.56. The number of carbonyl (C=O) groups is 2. The number of hydrogen-bond acceptors (Lipinski definition) is 3. The molecule has 0 aliphatic carbocycles. The van der Waals surface area contributed by atoms with E-state index in [9.17, 15) is 9.59 Å². The zero-order valence-electron chi connectivity index (χ0n) is 19.1. The number of likely N-dealkylation sites (tertiary alicyclic amines) is 1. The van der Waals surface area contributed by atoms with Gasteiger partial charge in [0.2, 0.25) is 5.91 Å². The molecule has 1 fully saturated rings. The van der Waals surface area contributed by atoms with Crippen LogP contribution in [0.2, 0.25) is 0 Å². The SMILES string of the molecule is Cc1ccc(CC(=O)N2CCC(c3[nH]ncc3C(=O)N3CCc4ccccc4C3)CC2)cc1. The molecule has 3 heterocycles. The zero-order valence-corrected chi connectivity index (χ0v) is 19.1. The molecule has 0 bridgehead atoms. The second-order valence-electron chi connectivity index (χ2n) is 9.26. The van der Waals surface area contributed by atoms with Crippen molar-refractivity contribution < 1.29 is 9.59 Å². The van der Waals surface area contributed by atoms with Gasteiger partial charge in [0.05, 0.1) is 23.9 Å². The largest absolute Gasteiger partial charge is 0.342 e. The van der Waals surface area contributed by atoms with E-state index < -0.39 is 0 Å². The van der Waals surface area contributed by atoms with Crippen LogP contribution in [0.4, 0.5) is 0 Å². The summed E-state index contributed by atoms with van der Waals surface area (Å²) in [6, 6.07) is 16.5. The maximum atomic E-state index is 13.3. The van der Waals surface area contributed by atoms with Crippen molar-refractivity contribution in [1.82, 2.24) is 20.0 Å². The van der Waals surface area contributed by atoms with Gasteiger partial charge in [0.25, 0.3) is 5.91 Å². The fraction of sp³-hybridized carbons (Fsp3) is 0.370. The van der Waals surface area contributed by atoms with Crippen molar-refractivity contribution in [1.29, 1.82) is 0 Å². The highest BCUT2D eigenvalue weighted by molar-refractivity contribution is 5.95. The highest BCUT2D eigenvalue weighted by Crippen LogP contribution is 2.30. The Labute approximate surface area is 194 Å². The first-order valence-electron chi connectivity index (χ1n) is 11.8. The molecule has 6 heteroatoms. The van der Waals surface area contributed by atoms with E-state index in [0.717, 1.165) is 37.1 Å². The molecule has 1 saturated heterocycles. The normalized spacial score (nSPS) is 16.5. The zero-order chi connectivity index (χ0) is 22.8. The molecule has 1 aromatic heterocycles. The molecular formula is C27H30N4O2. The number of aromatic nitrogens is 2. The van der Waals surface area contributed by atoms with Gasteiger partial charge in [0.1, 0.15) is 0 Å². The Bertz CT molecular complexity index is 1140. The van der Waals surface area contributed by atoms with Crippen LogP contribution in [0.3, 0.4) is 0 Å². The minimum Gasteiger partial charge on any atom is -0.342 e. The van der Waals surface area contributed by atoms with Gasteiger partial charge in [-0.25, -0.2) is 0 Å². The van der Waals surface area contributed by atoms with Crippen molar-refractivity contribution in [3.8, 4) is 0 Å². The van der Waals surface area contributed by atoms with Crippen LogP contribution in [-0.4, -0.2) is 51.4 Å². The van der Waals surface area contributed by atoms with Crippen LogP contribution in [0.25, 0.3) is 0 Å². The molecule has 0 saturated carbocycles. The van der Waals surface area contributed by atoms with E-state index in [1.54, 1.807) is 6.20 Å². The van der Waals surface area contributed by atoms with Gasteiger partial charge in [-0.2, -0.15) is 5.10 Å². The minimum atomic E-state index is 0.0473. The summed E-state index contributed by atoms with van der Waals surface area (Å²) in [5, 5.41) is 7.32. The lowest BCUT2D eigenvalue weighted by Gasteiger charge is -2.33. The molecule has 2 amide bonds. The monoisotopic (exact) mass is 442 g/mol. The molecule has 3 aromatic rings. The predicted octanol–water partition coefficient (Wildman–Crippen LogP) is 3.87. The molecule has 2 aliphatic heterocycles. The average Bonchev–Trinajstić information content (AvgIpc) is 3.35. The number of carbonyl (C=O) groups excluding carboxylic acids is 2. The number of aromatic amines is 1. The Morgan fingerprint density at radius 1 is 0.970 bits per heavy atom. The van der Waals surface area contributed by atoms with Gasteiger partial charge in [-0.15, -0.1) is 0 Å². The fourth-order valence-electron chi connectivity index (χ4n) is 5.03. The van der Waals surface area contributed by atoms with Gasteiger partial charge in [0, 0.05) is 32.1 Å². The highest BCUT2D eigenvalue weighted by Gasteiger charge is 2.30. The van der Waals surface area contributed by atoms with Crippen molar-refractivity contribution in [3.05, 3.63) is 88.2 Å². The van der Waals surface area contributed by atoms with E-state index in [1.165, 1.54) is 16.7 Å². The molecular weight excluding hydrogens is 412 g/mol. The van der Waals surface area contributed by atoms with Crippen LogP contribution in [0.15, 0.2) is 54.7 Å². The first-order valence-corrected chi connectivity index (χ1v) is 11.8. The van der Waals surface area contributed by atoms with Crippen LogP contribution in [0.1, 0.15) is 57.1 Å². The van der Waals surface area contributed by atoms with Crippen LogP contribution in [0, 0.1) is 6.92 Å². The summed E-state index contributed by atoms with van der Waals surface area (Å²) >= 11 is 0. The van der Waals surface area contributed by atoms with Crippen LogP contribution >= 0.6 is 0 Å². The van der Waals surface area contributed by atoms with E-state index in [-0.39, 0.29) is 17.7 Å². The molecule has 1 N–H and O–H groups in total. The molecule has 33 heavy (non-hydrogen) atoms. The Balaban J connectivity index is 1.21. The third-order valence-corrected chi connectivity index (χ3v) is 7.05. The number of benzene rings is 2. The molecule has 2 aliphatic rings. The Hall–Kier alpha value is -3.41. The number of nitrogens with zero attached hydrogens (tertiary/aromatic N) is 3. The first kappa shape index (κ1) is 21.4. The maximum Gasteiger partial charge on any atom is 0.257 e. The van der Waals surface area contributed by atoms with Gasteiger partial charge in [-0.05, 0) is 42.9 Å². The van der Waals surface area contributed by atoms with Crippen molar-refractivity contribution in [2.24, 2.45) is 0 Å². The summed E-state index contributed by atoms with van der Waals surface area (Å²) in [6.07, 6.45) is 4.68. The number of hydrogen-bond donors (Lipinski definition) is 1. The van der Waals surface area contributed by atoms with E-state index in [2.05, 4.69) is 35.3 Å².